The fourth-order valence-corrected chi connectivity index (χ4v) is 6.86. The van der Waals surface area contributed by atoms with Gasteiger partial charge in [0.25, 0.3) is 0 Å². The van der Waals surface area contributed by atoms with Gasteiger partial charge in [0.1, 0.15) is 17.8 Å². The fourth-order valence-electron chi connectivity index (χ4n) is 6.86. The van der Waals surface area contributed by atoms with Crippen LogP contribution < -0.4 is 14.7 Å². The minimum Gasteiger partial charge on any atom is -0.465 e. The Hall–Kier alpha value is -3.24. The Kier molecular flexibility index (Phi) is 11.4. The van der Waals surface area contributed by atoms with Crippen LogP contribution in [0.5, 0.6) is 0 Å². The van der Waals surface area contributed by atoms with Crippen LogP contribution in [0, 0.1) is 5.41 Å². The third-order valence-electron chi connectivity index (χ3n) is 9.44. The summed E-state index contributed by atoms with van der Waals surface area (Å²) >= 11 is 0. The minimum absolute atomic E-state index is 0.142. The van der Waals surface area contributed by atoms with Gasteiger partial charge in [0.2, 0.25) is 5.91 Å². The number of hydrogen-bond acceptors (Lipinski definition) is 9. The van der Waals surface area contributed by atoms with Gasteiger partial charge in [0.05, 0.1) is 18.3 Å². The van der Waals surface area contributed by atoms with Crippen molar-refractivity contribution >= 4 is 35.3 Å². The van der Waals surface area contributed by atoms with Crippen LogP contribution in [-0.2, 0) is 19.1 Å². The fraction of sp³-hybridized carbons (Fsp3) is 0.750. The predicted molar refractivity (Wildman–Crippen MR) is 169 cm³/mol. The molecule has 0 aromatic carbocycles. The number of esters is 1. The lowest BCUT2D eigenvalue weighted by Gasteiger charge is -2.38. The number of aromatic nitrogens is 1. The zero-order chi connectivity index (χ0) is 31.0. The maximum atomic E-state index is 13.7. The molecule has 2 amide bonds. The summed E-state index contributed by atoms with van der Waals surface area (Å²) in [6.45, 7) is 17.3. The molecule has 0 N–H and O–H groups in total. The molecular formula is C32H52N6O5. The molecule has 1 atom stereocenters. The maximum Gasteiger partial charge on any atom is 0.409 e. The number of piperazine rings is 1. The average molecular weight is 601 g/mol. The molecule has 3 heterocycles. The van der Waals surface area contributed by atoms with E-state index in [1.165, 1.54) is 0 Å². The summed E-state index contributed by atoms with van der Waals surface area (Å²) in [5.41, 5.74) is 0.0327. The number of carbonyl (C=O) groups is 3. The van der Waals surface area contributed by atoms with Gasteiger partial charge in [-0.1, -0.05) is 12.8 Å². The number of hydrogen-bond donors (Lipinski definition) is 0. The topological polar surface area (TPSA) is 98.8 Å². The normalized spacial score (nSPS) is 19.8. The van der Waals surface area contributed by atoms with Crippen LogP contribution >= 0.6 is 0 Å². The van der Waals surface area contributed by atoms with Gasteiger partial charge < -0.3 is 34.0 Å². The molecule has 0 spiro atoms. The van der Waals surface area contributed by atoms with E-state index in [9.17, 15) is 14.4 Å². The smallest absolute Gasteiger partial charge is 0.409 e. The van der Waals surface area contributed by atoms with Crippen molar-refractivity contribution in [2.45, 2.75) is 79.2 Å². The van der Waals surface area contributed by atoms with Crippen LogP contribution in [0.3, 0.4) is 0 Å². The molecule has 3 fully saturated rings. The zero-order valence-electron chi connectivity index (χ0n) is 27.0. The van der Waals surface area contributed by atoms with E-state index in [1.54, 1.807) is 16.7 Å². The van der Waals surface area contributed by atoms with Gasteiger partial charge in [-0.3, -0.25) is 9.59 Å². The van der Waals surface area contributed by atoms with Crippen LogP contribution in [0.2, 0.25) is 0 Å². The van der Waals surface area contributed by atoms with E-state index in [4.69, 9.17) is 14.5 Å². The van der Waals surface area contributed by atoms with Gasteiger partial charge in [-0.2, -0.15) is 0 Å². The molecule has 2 saturated heterocycles. The third kappa shape index (κ3) is 6.96. The van der Waals surface area contributed by atoms with E-state index in [0.717, 1.165) is 69.2 Å². The van der Waals surface area contributed by atoms with Crippen LogP contribution in [0.15, 0.2) is 12.1 Å². The molecule has 1 aromatic rings. The molecule has 240 valence electrons. The second kappa shape index (κ2) is 15.0. The van der Waals surface area contributed by atoms with Crippen molar-refractivity contribution in [1.29, 1.82) is 0 Å². The van der Waals surface area contributed by atoms with Gasteiger partial charge in [-0.25, -0.2) is 9.78 Å². The van der Waals surface area contributed by atoms with E-state index >= 15 is 0 Å². The van der Waals surface area contributed by atoms with E-state index in [2.05, 4.69) is 54.5 Å². The summed E-state index contributed by atoms with van der Waals surface area (Å²) in [4.78, 5) is 55.2. The van der Waals surface area contributed by atoms with Crippen molar-refractivity contribution in [2.24, 2.45) is 5.41 Å². The summed E-state index contributed by atoms with van der Waals surface area (Å²) in [6, 6.07) is 4.07. The molecule has 1 aliphatic carbocycles. The molecule has 11 heteroatoms. The summed E-state index contributed by atoms with van der Waals surface area (Å²) in [7, 11) is 0. The highest BCUT2D eigenvalue weighted by atomic mass is 16.6. The molecule has 1 unspecified atom stereocenters. The molecular weight excluding hydrogens is 548 g/mol. The van der Waals surface area contributed by atoms with Crippen molar-refractivity contribution in [3.8, 4) is 0 Å². The Morgan fingerprint density at radius 3 is 2.12 bits per heavy atom. The number of nitrogens with zero attached hydrogens (tertiary/aromatic N) is 6. The molecule has 0 radical (unpaired) electrons. The highest BCUT2D eigenvalue weighted by molar-refractivity contribution is 6.03. The number of likely N-dealkylation sites (tertiary alicyclic amines) is 1. The van der Waals surface area contributed by atoms with E-state index in [0.29, 0.717) is 45.6 Å². The number of pyridine rings is 1. The van der Waals surface area contributed by atoms with Crippen LogP contribution in [0.25, 0.3) is 0 Å². The molecule has 2 aliphatic heterocycles. The number of ether oxygens (including phenoxy) is 2. The molecule has 43 heavy (non-hydrogen) atoms. The van der Waals surface area contributed by atoms with Gasteiger partial charge in [-0.05, 0) is 72.4 Å². The third-order valence-corrected chi connectivity index (χ3v) is 9.44. The summed E-state index contributed by atoms with van der Waals surface area (Å²) < 4.78 is 11.1. The highest BCUT2D eigenvalue weighted by Crippen LogP contribution is 2.42. The van der Waals surface area contributed by atoms with E-state index in [1.807, 2.05) is 0 Å². The van der Waals surface area contributed by atoms with Crippen LogP contribution in [0.4, 0.5) is 22.1 Å². The standard InChI is InChI=1S/C32H52N6O5/c1-6-34(7-2)26-15-16-27(35(8-3)9-4)33-28(26)36-20-22-37(23-21-36)31(41)43-24-25-14-13-19-38(25)29(39)32(17-11-12-18-32)30(40)42-10-5/h15-16,25H,6-14,17-24H2,1-5H3. The Labute approximate surface area is 257 Å². The van der Waals surface area contributed by atoms with Crippen molar-refractivity contribution in [1.82, 2.24) is 14.8 Å². The Morgan fingerprint density at radius 2 is 1.51 bits per heavy atom. The average Bonchev–Trinajstić information content (AvgIpc) is 3.72. The van der Waals surface area contributed by atoms with Gasteiger partial charge >= 0.3 is 12.1 Å². The first-order valence-corrected chi connectivity index (χ1v) is 16.5. The lowest BCUT2D eigenvalue weighted by molar-refractivity contribution is -0.165. The van der Waals surface area contributed by atoms with Gasteiger partial charge in [0, 0.05) is 58.9 Å². The van der Waals surface area contributed by atoms with Crippen molar-refractivity contribution in [2.75, 3.05) is 86.8 Å². The molecule has 4 rings (SSSR count). The van der Waals surface area contributed by atoms with Gasteiger partial charge in [0.15, 0.2) is 5.82 Å². The second-order valence-corrected chi connectivity index (χ2v) is 11.7. The summed E-state index contributed by atoms with van der Waals surface area (Å²) in [5.74, 6) is 1.37. The number of amides is 2. The number of rotatable bonds is 12. The summed E-state index contributed by atoms with van der Waals surface area (Å²) in [6.07, 6.45) is 3.98. The SMILES string of the molecule is CCOC(=O)C1(C(=O)N2CCCC2COC(=O)N2CCN(c3nc(N(CC)CC)ccc3N(CC)CC)CC2)CCCC1. The first-order valence-electron chi connectivity index (χ1n) is 16.5. The molecule has 11 nitrogen and oxygen atoms in total. The van der Waals surface area contributed by atoms with Crippen molar-refractivity contribution in [3.63, 3.8) is 0 Å². The minimum atomic E-state index is -1.08. The second-order valence-electron chi connectivity index (χ2n) is 11.7. The largest absolute Gasteiger partial charge is 0.465 e. The quantitative estimate of drug-likeness (QED) is 0.259. The molecule has 3 aliphatic rings. The molecule has 1 aromatic heterocycles. The van der Waals surface area contributed by atoms with Crippen LogP contribution in [0.1, 0.15) is 73.1 Å². The Bertz CT molecular complexity index is 1090. The Balaban J connectivity index is 1.37. The zero-order valence-corrected chi connectivity index (χ0v) is 27.0. The first kappa shape index (κ1) is 32.7. The molecule has 0 bridgehead atoms. The maximum absolute atomic E-state index is 13.7. The Morgan fingerprint density at radius 1 is 0.860 bits per heavy atom. The molecule has 1 saturated carbocycles. The predicted octanol–water partition coefficient (Wildman–Crippen LogP) is 4.15. The highest BCUT2D eigenvalue weighted by Gasteiger charge is 2.52. The monoisotopic (exact) mass is 600 g/mol. The lowest BCUT2D eigenvalue weighted by atomic mass is 9.84. The van der Waals surface area contributed by atoms with Crippen LogP contribution in [-0.4, -0.2) is 111 Å². The first-order chi connectivity index (χ1) is 20.8. The van der Waals surface area contributed by atoms with E-state index in [-0.39, 0.29) is 31.3 Å². The number of carbonyl (C=O) groups excluding carboxylic acids is 3. The van der Waals surface area contributed by atoms with Crippen molar-refractivity contribution in [3.05, 3.63) is 12.1 Å². The van der Waals surface area contributed by atoms with E-state index < -0.39 is 11.4 Å². The van der Waals surface area contributed by atoms with Crippen molar-refractivity contribution < 1.29 is 23.9 Å². The lowest BCUT2D eigenvalue weighted by Crippen LogP contribution is -2.52. The summed E-state index contributed by atoms with van der Waals surface area (Å²) in [5, 5.41) is 0. The number of anilines is 3. The van der Waals surface area contributed by atoms with Gasteiger partial charge in [-0.15, -0.1) is 0 Å².